The summed E-state index contributed by atoms with van der Waals surface area (Å²) in [5.74, 6) is 0.773. The van der Waals surface area contributed by atoms with Crippen molar-refractivity contribution in [1.82, 2.24) is 0 Å². The van der Waals surface area contributed by atoms with E-state index in [4.69, 9.17) is 9.47 Å². The maximum absolute atomic E-state index is 12.1. The fraction of sp³-hybridized carbons (Fsp3) is 0.261. The molecule has 26 heavy (non-hydrogen) atoms. The second kappa shape index (κ2) is 10.2. The Kier molecular flexibility index (Phi) is 7.69. The number of hydrogen-bond donors (Lipinski definition) is 0. The third-order valence-corrected chi connectivity index (χ3v) is 3.80. The van der Waals surface area contributed by atoms with Crippen LogP contribution in [-0.2, 0) is 0 Å². The highest BCUT2D eigenvalue weighted by molar-refractivity contribution is 5.90. The molecular weight excluding hydrogens is 324 g/mol. The molecule has 0 N–H and O–H groups in total. The molecule has 0 unspecified atom stereocenters. The summed E-state index contributed by atoms with van der Waals surface area (Å²) in [5.41, 5.74) is 3.17. The van der Waals surface area contributed by atoms with Crippen molar-refractivity contribution in [3.05, 3.63) is 83.5 Å². The van der Waals surface area contributed by atoms with Gasteiger partial charge in [-0.05, 0) is 64.0 Å². The minimum atomic E-state index is -0.377. The fourth-order valence-electron chi connectivity index (χ4n) is 2.34. The summed E-state index contributed by atoms with van der Waals surface area (Å²) in [6.07, 6.45) is 6.41. The van der Waals surface area contributed by atoms with Crippen molar-refractivity contribution in [2.45, 2.75) is 33.6 Å². The van der Waals surface area contributed by atoms with Crippen molar-refractivity contribution in [2.75, 3.05) is 6.61 Å². The number of allylic oxidation sites excluding steroid dienone is 3. The van der Waals surface area contributed by atoms with Gasteiger partial charge in [-0.1, -0.05) is 41.5 Å². The molecule has 0 aliphatic carbocycles. The van der Waals surface area contributed by atoms with Gasteiger partial charge in [-0.25, -0.2) is 4.79 Å². The average Bonchev–Trinajstić information content (AvgIpc) is 2.62. The predicted octanol–water partition coefficient (Wildman–Crippen LogP) is 5.98. The molecule has 3 nitrogen and oxygen atoms in total. The van der Waals surface area contributed by atoms with Gasteiger partial charge < -0.3 is 9.47 Å². The highest BCUT2D eigenvalue weighted by Crippen LogP contribution is 2.20. The van der Waals surface area contributed by atoms with Gasteiger partial charge in [0.1, 0.15) is 18.1 Å². The van der Waals surface area contributed by atoms with E-state index >= 15 is 0 Å². The van der Waals surface area contributed by atoms with Gasteiger partial charge in [-0.3, -0.25) is 0 Å². The molecular formula is C23H26O3. The van der Waals surface area contributed by atoms with Crippen molar-refractivity contribution in [3.63, 3.8) is 0 Å². The molecule has 0 atom stereocenters. The zero-order valence-corrected chi connectivity index (χ0v) is 15.7. The lowest BCUT2D eigenvalue weighted by Gasteiger charge is -2.08. The maximum Gasteiger partial charge on any atom is 0.343 e. The molecule has 2 rings (SSSR count). The molecule has 0 saturated carbocycles. The van der Waals surface area contributed by atoms with E-state index in [1.165, 1.54) is 11.1 Å². The Balaban J connectivity index is 1.87. The van der Waals surface area contributed by atoms with Crippen LogP contribution in [0.3, 0.4) is 0 Å². The lowest BCUT2D eigenvalue weighted by atomic mass is 10.1. The van der Waals surface area contributed by atoms with E-state index in [0.29, 0.717) is 23.7 Å². The Morgan fingerprint density at radius 1 is 0.923 bits per heavy atom. The van der Waals surface area contributed by atoms with Gasteiger partial charge in [0.2, 0.25) is 0 Å². The number of ether oxygens (including phenoxy) is 2. The summed E-state index contributed by atoms with van der Waals surface area (Å²) in [6.45, 7) is 6.83. The number of hydrogen-bond acceptors (Lipinski definition) is 3. The topological polar surface area (TPSA) is 35.5 Å². The smallest absolute Gasteiger partial charge is 0.343 e. The minimum Gasteiger partial charge on any atom is -0.489 e. The van der Waals surface area contributed by atoms with E-state index in [9.17, 15) is 4.79 Å². The summed E-state index contributed by atoms with van der Waals surface area (Å²) in [5, 5.41) is 0. The van der Waals surface area contributed by atoms with Crippen molar-refractivity contribution < 1.29 is 14.3 Å². The standard InChI is InChI=1S/C23H26O3/c1-18(2)9-7-10-19(3)15-16-25-21-13-8-14-22(17-21)26-23(24)20-11-5-4-6-12-20/h4-6,8-9,11-15,17H,7,10,16H2,1-3H3. The molecule has 0 aliphatic heterocycles. The van der Waals surface area contributed by atoms with Gasteiger partial charge >= 0.3 is 5.97 Å². The molecule has 2 aromatic carbocycles. The Morgan fingerprint density at radius 3 is 2.38 bits per heavy atom. The van der Waals surface area contributed by atoms with Crippen LogP contribution in [0.1, 0.15) is 44.0 Å². The van der Waals surface area contributed by atoms with Crippen molar-refractivity contribution in [1.29, 1.82) is 0 Å². The quantitative estimate of drug-likeness (QED) is 0.334. The molecule has 0 spiro atoms. The summed E-state index contributed by atoms with van der Waals surface area (Å²) >= 11 is 0. The van der Waals surface area contributed by atoms with Crippen LogP contribution in [0.25, 0.3) is 0 Å². The Hall–Kier alpha value is -2.81. The monoisotopic (exact) mass is 350 g/mol. The van der Waals surface area contributed by atoms with Gasteiger partial charge in [-0.2, -0.15) is 0 Å². The van der Waals surface area contributed by atoms with E-state index < -0.39 is 0 Å². The Labute approximate surface area is 156 Å². The first-order valence-electron chi connectivity index (χ1n) is 8.83. The van der Waals surface area contributed by atoms with E-state index in [1.54, 1.807) is 24.3 Å². The molecule has 0 saturated heterocycles. The zero-order valence-electron chi connectivity index (χ0n) is 15.7. The zero-order chi connectivity index (χ0) is 18.8. The Bertz CT molecular complexity index is 769. The molecule has 0 heterocycles. The number of benzene rings is 2. The van der Waals surface area contributed by atoms with Crippen molar-refractivity contribution in [3.8, 4) is 11.5 Å². The summed E-state index contributed by atoms with van der Waals surface area (Å²) in [4.78, 5) is 12.1. The van der Waals surface area contributed by atoms with Crippen LogP contribution in [0.15, 0.2) is 77.9 Å². The molecule has 136 valence electrons. The van der Waals surface area contributed by atoms with E-state index in [1.807, 2.05) is 30.3 Å². The van der Waals surface area contributed by atoms with Crippen LogP contribution >= 0.6 is 0 Å². The minimum absolute atomic E-state index is 0.377. The highest BCUT2D eigenvalue weighted by atomic mass is 16.5. The van der Waals surface area contributed by atoms with Gasteiger partial charge in [-0.15, -0.1) is 0 Å². The van der Waals surface area contributed by atoms with Gasteiger partial charge in [0, 0.05) is 6.07 Å². The first-order chi connectivity index (χ1) is 12.5. The van der Waals surface area contributed by atoms with Crippen LogP contribution in [0.5, 0.6) is 11.5 Å². The number of carbonyl (C=O) groups excluding carboxylic acids is 1. The summed E-state index contributed by atoms with van der Waals surface area (Å²) < 4.78 is 11.2. The number of rotatable bonds is 8. The molecule has 2 aromatic rings. The Morgan fingerprint density at radius 2 is 1.65 bits per heavy atom. The molecule has 3 heteroatoms. The van der Waals surface area contributed by atoms with Crippen LogP contribution in [0.4, 0.5) is 0 Å². The van der Waals surface area contributed by atoms with Crippen molar-refractivity contribution in [2.24, 2.45) is 0 Å². The van der Waals surface area contributed by atoms with E-state index in [0.717, 1.165) is 12.8 Å². The molecule has 0 aliphatic rings. The largest absolute Gasteiger partial charge is 0.489 e. The van der Waals surface area contributed by atoms with E-state index in [2.05, 4.69) is 32.9 Å². The van der Waals surface area contributed by atoms with Gasteiger partial charge in [0.15, 0.2) is 0 Å². The second-order valence-corrected chi connectivity index (χ2v) is 6.41. The normalized spacial score (nSPS) is 11.0. The maximum atomic E-state index is 12.1. The highest BCUT2D eigenvalue weighted by Gasteiger charge is 2.08. The van der Waals surface area contributed by atoms with Crippen LogP contribution in [0.2, 0.25) is 0 Å². The number of esters is 1. The fourth-order valence-corrected chi connectivity index (χ4v) is 2.34. The average molecular weight is 350 g/mol. The van der Waals surface area contributed by atoms with Crippen molar-refractivity contribution >= 4 is 5.97 Å². The molecule has 0 fully saturated rings. The summed E-state index contributed by atoms with van der Waals surface area (Å²) in [7, 11) is 0. The lowest BCUT2D eigenvalue weighted by molar-refractivity contribution is 0.0734. The summed E-state index contributed by atoms with van der Waals surface area (Å²) in [6, 6.07) is 16.1. The predicted molar refractivity (Wildman–Crippen MR) is 106 cm³/mol. The molecule has 0 aromatic heterocycles. The van der Waals surface area contributed by atoms with E-state index in [-0.39, 0.29) is 5.97 Å². The molecule has 0 bridgehead atoms. The van der Waals surface area contributed by atoms with Gasteiger partial charge in [0.05, 0.1) is 5.56 Å². The third kappa shape index (κ3) is 6.98. The second-order valence-electron chi connectivity index (χ2n) is 6.41. The lowest BCUT2D eigenvalue weighted by Crippen LogP contribution is -2.08. The van der Waals surface area contributed by atoms with Crippen LogP contribution in [-0.4, -0.2) is 12.6 Å². The first-order valence-corrected chi connectivity index (χ1v) is 8.83. The molecule has 0 amide bonds. The first kappa shape index (κ1) is 19.5. The SMILES string of the molecule is CC(C)=CCCC(C)=CCOc1cccc(OC(=O)c2ccccc2)c1. The molecule has 0 radical (unpaired) electrons. The third-order valence-electron chi connectivity index (χ3n) is 3.80. The number of carbonyl (C=O) groups is 1. The van der Waals surface area contributed by atoms with Crippen LogP contribution in [0, 0.1) is 0 Å². The van der Waals surface area contributed by atoms with Crippen LogP contribution < -0.4 is 9.47 Å². The van der Waals surface area contributed by atoms with Gasteiger partial charge in [0.25, 0.3) is 0 Å².